The third-order valence-corrected chi connectivity index (χ3v) is 4.67. The number of pyridine rings is 1. The maximum absolute atomic E-state index is 13.7. The number of carbonyl (C=O) groups excluding carboxylic acids is 1. The molecule has 1 amide bonds. The number of nitriles is 1. The Morgan fingerprint density at radius 3 is 2.58 bits per heavy atom. The van der Waals surface area contributed by atoms with Gasteiger partial charge in [-0.25, -0.2) is 4.90 Å². The van der Waals surface area contributed by atoms with Crippen molar-refractivity contribution in [3.05, 3.63) is 90.3 Å². The average molecular weight is 407 g/mol. The Hall–Kier alpha value is -4.77. The second-order valence-corrected chi connectivity index (χ2v) is 6.54. The first-order chi connectivity index (χ1) is 15.2. The van der Waals surface area contributed by atoms with E-state index >= 15 is 0 Å². The van der Waals surface area contributed by atoms with E-state index in [2.05, 4.69) is 21.3 Å². The normalized spacial score (nSPS) is 10.7. The van der Waals surface area contributed by atoms with Crippen molar-refractivity contribution in [1.29, 1.82) is 5.26 Å². The molecule has 0 N–H and O–H groups in total. The Bertz CT molecular complexity index is 1410. The van der Waals surface area contributed by atoms with Crippen molar-refractivity contribution in [2.24, 2.45) is 0 Å². The fourth-order valence-corrected chi connectivity index (χ4v) is 3.21. The van der Waals surface area contributed by atoms with Crippen LogP contribution in [-0.4, -0.2) is 21.1 Å². The number of rotatable bonds is 4. The largest absolute Gasteiger partial charge is 0.459 e. The van der Waals surface area contributed by atoms with E-state index in [1.165, 1.54) is 11.2 Å². The number of amides is 1. The quantitative estimate of drug-likeness (QED) is 0.424. The number of anilines is 2. The first-order valence-corrected chi connectivity index (χ1v) is 9.30. The minimum absolute atomic E-state index is 0.0259. The number of aromatic nitrogens is 3. The minimum atomic E-state index is -0.377. The number of fused-ring (bicyclic) bond motifs is 1. The van der Waals surface area contributed by atoms with E-state index in [0.29, 0.717) is 33.5 Å². The summed E-state index contributed by atoms with van der Waals surface area (Å²) in [6.07, 6.45) is 3.07. The standard InChI is InChI=1S/C23H13N5O3/c24-14-15-7-9-16(10-8-15)28(23-27-26-21(31-23)20-6-3-13-30-20)22(29)18-11-12-25-19-5-2-1-4-17(18)19/h1-13H. The summed E-state index contributed by atoms with van der Waals surface area (Å²) in [5.41, 5.74) is 2.05. The van der Waals surface area contributed by atoms with Gasteiger partial charge in [0.1, 0.15) is 0 Å². The van der Waals surface area contributed by atoms with Crippen LogP contribution in [0.5, 0.6) is 0 Å². The number of nitrogens with zero attached hydrogens (tertiary/aromatic N) is 5. The molecule has 0 saturated heterocycles. The molecule has 0 atom stereocenters. The summed E-state index contributed by atoms with van der Waals surface area (Å²) in [6, 6.07) is 21.0. The molecule has 0 unspecified atom stereocenters. The van der Waals surface area contributed by atoms with Crippen molar-refractivity contribution in [3.63, 3.8) is 0 Å². The van der Waals surface area contributed by atoms with E-state index in [0.717, 1.165) is 0 Å². The zero-order chi connectivity index (χ0) is 21.2. The number of carbonyl (C=O) groups is 1. The van der Waals surface area contributed by atoms with Crippen LogP contribution >= 0.6 is 0 Å². The van der Waals surface area contributed by atoms with Crippen molar-refractivity contribution < 1.29 is 13.6 Å². The van der Waals surface area contributed by atoms with Gasteiger partial charge in [0.25, 0.3) is 11.8 Å². The lowest BCUT2D eigenvalue weighted by Gasteiger charge is -2.19. The Morgan fingerprint density at radius 2 is 1.81 bits per heavy atom. The van der Waals surface area contributed by atoms with E-state index in [1.54, 1.807) is 48.7 Å². The van der Waals surface area contributed by atoms with Crippen LogP contribution in [0.1, 0.15) is 15.9 Å². The maximum atomic E-state index is 13.7. The van der Waals surface area contributed by atoms with Gasteiger partial charge in [0.05, 0.1) is 34.7 Å². The Kier molecular flexibility index (Phi) is 4.46. The van der Waals surface area contributed by atoms with Gasteiger partial charge >= 0.3 is 6.01 Å². The number of benzene rings is 2. The molecular weight excluding hydrogens is 394 g/mol. The van der Waals surface area contributed by atoms with Crippen LogP contribution in [-0.2, 0) is 0 Å². The molecule has 5 aromatic rings. The Labute approximate surface area is 176 Å². The molecule has 0 aliphatic carbocycles. The van der Waals surface area contributed by atoms with Crippen molar-refractivity contribution in [2.75, 3.05) is 4.90 Å². The first kappa shape index (κ1) is 18.3. The molecule has 3 aromatic heterocycles. The summed E-state index contributed by atoms with van der Waals surface area (Å²) in [5.74, 6) is 0.157. The van der Waals surface area contributed by atoms with Crippen LogP contribution in [0.3, 0.4) is 0 Å². The maximum Gasteiger partial charge on any atom is 0.330 e. The molecule has 31 heavy (non-hydrogen) atoms. The highest BCUT2D eigenvalue weighted by Crippen LogP contribution is 2.31. The molecule has 148 valence electrons. The van der Waals surface area contributed by atoms with Crippen LogP contribution in [0.15, 0.2) is 88.0 Å². The number of furan rings is 1. The van der Waals surface area contributed by atoms with Crippen LogP contribution < -0.4 is 4.90 Å². The monoisotopic (exact) mass is 407 g/mol. The van der Waals surface area contributed by atoms with Crippen molar-refractivity contribution in [3.8, 4) is 17.7 Å². The summed E-state index contributed by atoms with van der Waals surface area (Å²) in [4.78, 5) is 19.3. The average Bonchev–Trinajstić information content (AvgIpc) is 3.52. The summed E-state index contributed by atoms with van der Waals surface area (Å²) < 4.78 is 11.1. The number of hydrogen-bond donors (Lipinski definition) is 0. The van der Waals surface area contributed by atoms with Gasteiger partial charge in [0.2, 0.25) is 0 Å². The number of hydrogen-bond acceptors (Lipinski definition) is 7. The van der Waals surface area contributed by atoms with Crippen LogP contribution in [0.4, 0.5) is 11.7 Å². The fraction of sp³-hybridized carbons (Fsp3) is 0. The van der Waals surface area contributed by atoms with Gasteiger partial charge in [-0.3, -0.25) is 9.78 Å². The molecule has 0 aliphatic rings. The molecule has 2 aromatic carbocycles. The van der Waals surface area contributed by atoms with Gasteiger partial charge in [-0.15, -0.1) is 5.10 Å². The van der Waals surface area contributed by atoms with E-state index in [4.69, 9.17) is 14.1 Å². The predicted molar refractivity (Wildman–Crippen MR) is 111 cm³/mol. The summed E-state index contributed by atoms with van der Waals surface area (Å²) in [6.45, 7) is 0. The van der Waals surface area contributed by atoms with Crippen molar-refractivity contribution in [1.82, 2.24) is 15.2 Å². The Morgan fingerprint density at radius 1 is 0.968 bits per heavy atom. The molecule has 8 heteroatoms. The molecule has 0 saturated carbocycles. The van der Waals surface area contributed by atoms with E-state index < -0.39 is 0 Å². The Balaban J connectivity index is 1.65. The van der Waals surface area contributed by atoms with Gasteiger partial charge in [-0.2, -0.15) is 5.26 Å². The molecule has 5 rings (SSSR count). The zero-order valence-corrected chi connectivity index (χ0v) is 16.0. The molecule has 8 nitrogen and oxygen atoms in total. The van der Waals surface area contributed by atoms with Gasteiger partial charge in [-0.05, 0) is 48.5 Å². The highest BCUT2D eigenvalue weighted by Gasteiger charge is 2.27. The van der Waals surface area contributed by atoms with Crippen LogP contribution in [0.2, 0.25) is 0 Å². The molecule has 0 radical (unpaired) electrons. The lowest BCUT2D eigenvalue weighted by atomic mass is 10.1. The van der Waals surface area contributed by atoms with Crippen molar-refractivity contribution >= 4 is 28.5 Å². The molecular formula is C23H13N5O3. The summed E-state index contributed by atoms with van der Waals surface area (Å²) >= 11 is 0. The lowest BCUT2D eigenvalue weighted by Crippen LogP contribution is -2.26. The topological polar surface area (TPSA) is 109 Å². The summed E-state index contributed by atoms with van der Waals surface area (Å²) in [7, 11) is 0. The molecule has 0 fully saturated rings. The highest BCUT2D eigenvalue weighted by atomic mass is 16.4. The number of para-hydroxylation sites is 1. The second kappa shape index (κ2) is 7.57. The summed E-state index contributed by atoms with van der Waals surface area (Å²) in [5, 5.41) is 17.9. The SMILES string of the molecule is N#Cc1ccc(N(C(=O)c2ccnc3ccccc23)c2nnc(-c3ccco3)o2)cc1. The molecule has 3 heterocycles. The lowest BCUT2D eigenvalue weighted by molar-refractivity contribution is 0.0996. The molecule has 0 aliphatic heterocycles. The van der Waals surface area contributed by atoms with Crippen LogP contribution in [0.25, 0.3) is 22.6 Å². The molecule has 0 bridgehead atoms. The van der Waals surface area contributed by atoms with E-state index in [1.807, 2.05) is 24.3 Å². The van der Waals surface area contributed by atoms with Gasteiger partial charge in [-0.1, -0.05) is 23.3 Å². The van der Waals surface area contributed by atoms with E-state index in [9.17, 15) is 4.79 Å². The van der Waals surface area contributed by atoms with Crippen LogP contribution in [0, 0.1) is 11.3 Å². The third-order valence-electron chi connectivity index (χ3n) is 4.67. The van der Waals surface area contributed by atoms with E-state index in [-0.39, 0.29) is 17.8 Å². The van der Waals surface area contributed by atoms with Gasteiger partial charge in [0, 0.05) is 11.6 Å². The smallest absolute Gasteiger partial charge is 0.330 e. The van der Waals surface area contributed by atoms with Gasteiger partial charge < -0.3 is 8.83 Å². The minimum Gasteiger partial charge on any atom is -0.459 e. The first-order valence-electron chi connectivity index (χ1n) is 9.30. The highest BCUT2D eigenvalue weighted by molar-refractivity contribution is 6.15. The van der Waals surface area contributed by atoms with Gasteiger partial charge in [0.15, 0.2) is 5.76 Å². The predicted octanol–water partition coefficient (Wildman–Crippen LogP) is 4.73. The second-order valence-electron chi connectivity index (χ2n) is 6.54. The van der Waals surface area contributed by atoms with Crippen molar-refractivity contribution in [2.45, 2.75) is 0 Å². The molecule has 0 spiro atoms. The third kappa shape index (κ3) is 3.30. The zero-order valence-electron chi connectivity index (χ0n) is 16.0. The fourth-order valence-electron chi connectivity index (χ4n) is 3.21.